The number of esters is 3. The van der Waals surface area contributed by atoms with Gasteiger partial charge in [-0.2, -0.15) is 0 Å². The largest absolute Gasteiger partial charge is 0.462 e. The van der Waals surface area contributed by atoms with Crippen molar-refractivity contribution in [3.8, 4) is 0 Å². The lowest BCUT2D eigenvalue weighted by Crippen LogP contribution is -2.30. The van der Waals surface area contributed by atoms with Crippen LogP contribution in [-0.4, -0.2) is 37.2 Å². The quantitative estimate of drug-likeness (QED) is 0.0262. The second-order valence-corrected chi connectivity index (χ2v) is 17.9. The van der Waals surface area contributed by atoms with Crippen molar-refractivity contribution in [3.63, 3.8) is 0 Å². The van der Waals surface area contributed by atoms with E-state index in [9.17, 15) is 14.4 Å². The minimum atomic E-state index is -0.793. The van der Waals surface area contributed by atoms with Crippen molar-refractivity contribution in [1.82, 2.24) is 0 Å². The highest BCUT2D eigenvalue weighted by atomic mass is 16.6. The Kier molecular flexibility index (Phi) is 50.4. The Balaban J connectivity index is 4.44. The lowest BCUT2D eigenvalue weighted by Gasteiger charge is -2.18. The van der Waals surface area contributed by atoms with E-state index >= 15 is 0 Å². The summed E-state index contributed by atoms with van der Waals surface area (Å²) in [6.45, 7) is 6.44. The Morgan fingerprint density at radius 2 is 0.600 bits per heavy atom. The first kappa shape index (κ1) is 61.6. The first-order chi connectivity index (χ1) is 32.0. The third kappa shape index (κ3) is 51.4. The van der Waals surface area contributed by atoms with Gasteiger partial charge in [0, 0.05) is 19.3 Å². The number of ether oxygens (including phenoxy) is 3. The highest BCUT2D eigenvalue weighted by Gasteiger charge is 2.19. The zero-order valence-corrected chi connectivity index (χ0v) is 42.5. The summed E-state index contributed by atoms with van der Waals surface area (Å²) in [5.74, 6) is -0.931. The topological polar surface area (TPSA) is 78.9 Å². The van der Waals surface area contributed by atoms with Gasteiger partial charge in [0.15, 0.2) is 6.10 Å². The van der Waals surface area contributed by atoms with Gasteiger partial charge in [-0.25, -0.2) is 0 Å². The van der Waals surface area contributed by atoms with E-state index in [4.69, 9.17) is 14.2 Å². The van der Waals surface area contributed by atoms with E-state index in [1.165, 1.54) is 103 Å². The van der Waals surface area contributed by atoms with Crippen LogP contribution in [0.5, 0.6) is 0 Å². The first-order valence-corrected chi connectivity index (χ1v) is 27.2. The van der Waals surface area contributed by atoms with Gasteiger partial charge in [0.2, 0.25) is 0 Å². The van der Waals surface area contributed by atoms with Crippen molar-refractivity contribution < 1.29 is 28.6 Å². The molecule has 65 heavy (non-hydrogen) atoms. The highest BCUT2D eigenvalue weighted by molar-refractivity contribution is 5.71. The van der Waals surface area contributed by atoms with Crippen molar-refractivity contribution in [3.05, 3.63) is 85.1 Å². The van der Waals surface area contributed by atoms with Crippen LogP contribution in [0.3, 0.4) is 0 Å². The van der Waals surface area contributed by atoms with Crippen molar-refractivity contribution in [2.45, 2.75) is 258 Å². The van der Waals surface area contributed by atoms with Crippen molar-refractivity contribution in [2.75, 3.05) is 13.2 Å². The van der Waals surface area contributed by atoms with Crippen LogP contribution in [-0.2, 0) is 28.6 Å². The molecule has 0 rings (SSSR count). The predicted molar refractivity (Wildman–Crippen MR) is 279 cm³/mol. The van der Waals surface area contributed by atoms with Gasteiger partial charge in [-0.3, -0.25) is 14.4 Å². The van der Waals surface area contributed by atoms with Crippen LogP contribution in [0, 0.1) is 0 Å². The Morgan fingerprint density at radius 1 is 0.323 bits per heavy atom. The third-order valence-electron chi connectivity index (χ3n) is 11.5. The first-order valence-electron chi connectivity index (χ1n) is 27.2. The SMILES string of the molecule is CC\C=C/C=C\C=C/CCCCCCCC(=O)OCC(COC(=O)CCCCCCC\C=C/C=C\C=C/C=C\CCCCC)OC(=O)CCCCCCCCCCCCCCCCCC. The predicted octanol–water partition coefficient (Wildman–Crippen LogP) is 18.0. The molecule has 0 aromatic carbocycles. The molecule has 6 nitrogen and oxygen atoms in total. The Morgan fingerprint density at radius 3 is 0.969 bits per heavy atom. The molecule has 0 spiro atoms. The van der Waals surface area contributed by atoms with Crippen molar-refractivity contribution in [2.24, 2.45) is 0 Å². The molecule has 0 aliphatic heterocycles. The van der Waals surface area contributed by atoms with E-state index in [0.29, 0.717) is 19.3 Å². The number of hydrogen-bond donors (Lipinski definition) is 0. The molecule has 0 aliphatic rings. The zero-order valence-electron chi connectivity index (χ0n) is 42.5. The van der Waals surface area contributed by atoms with Crippen LogP contribution in [0.15, 0.2) is 85.1 Å². The van der Waals surface area contributed by atoms with E-state index in [1.54, 1.807) is 0 Å². The molecule has 0 aromatic rings. The second kappa shape index (κ2) is 53.2. The smallest absolute Gasteiger partial charge is 0.306 e. The average molecular weight is 905 g/mol. The monoisotopic (exact) mass is 905 g/mol. The Hall–Kier alpha value is -3.41. The molecule has 0 amide bonds. The normalized spacial score (nSPS) is 12.7. The van der Waals surface area contributed by atoms with E-state index in [0.717, 1.165) is 109 Å². The molecule has 1 atom stereocenters. The van der Waals surface area contributed by atoms with Gasteiger partial charge >= 0.3 is 17.9 Å². The minimum Gasteiger partial charge on any atom is -0.462 e. The summed E-state index contributed by atoms with van der Waals surface area (Å²) in [4.78, 5) is 38.1. The lowest BCUT2D eigenvalue weighted by molar-refractivity contribution is -0.167. The van der Waals surface area contributed by atoms with E-state index < -0.39 is 6.10 Å². The maximum absolute atomic E-state index is 12.8. The van der Waals surface area contributed by atoms with Gasteiger partial charge in [0.25, 0.3) is 0 Å². The number of carbonyl (C=O) groups is 3. The van der Waals surface area contributed by atoms with Gasteiger partial charge in [0.1, 0.15) is 13.2 Å². The number of allylic oxidation sites excluding steroid dienone is 14. The minimum absolute atomic E-state index is 0.0939. The molecule has 0 aliphatic carbocycles. The maximum Gasteiger partial charge on any atom is 0.306 e. The molecule has 0 saturated carbocycles. The van der Waals surface area contributed by atoms with Crippen LogP contribution in [0.1, 0.15) is 252 Å². The van der Waals surface area contributed by atoms with Crippen LogP contribution in [0.25, 0.3) is 0 Å². The number of unbranched alkanes of at least 4 members (excludes halogenated alkanes) is 28. The third-order valence-corrected chi connectivity index (χ3v) is 11.5. The van der Waals surface area contributed by atoms with Gasteiger partial charge in [-0.05, 0) is 64.2 Å². The van der Waals surface area contributed by atoms with E-state index in [-0.39, 0.29) is 31.1 Å². The molecule has 0 fully saturated rings. The van der Waals surface area contributed by atoms with E-state index in [2.05, 4.69) is 106 Å². The van der Waals surface area contributed by atoms with Crippen LogP contribution in [0.4, 0.5) is 0 Å². The number of rotatable bonds is 48. The fraction of sp³-hybridized carbons (Fsp3) is 0.712. The van der Waals surface area contributed by atoms with Gasteiger partial charge < -0.3 is 14.2 Å². The molecule has 372 valence electrons. The number of hydrogen-bond acceptors (Lipinski definition) is 6. The van der Waals surface area contributed by atoms with Crippen molar-refractivity contribution >= 4 is 17.9 Å². The van der Waals surface area contributed by atoms with Crippen molar-refractivity contribution in [1.29, 1.82) is 0 Å². The van der Waals surface area contributed by atoms with Crippen LogP contribution in [0.2, 0.25) is 0 Å². The fourth-order valence-corrected chi connectivity index (χ4v) is 7.45. The van der Waals surface area contributed by atoms with Gasteiger partial charge in [-0.15, -0.1) is 0 Å². The summed E-state index contributed by atoms with van der Waals surface area (Å²) in [6.07, 6.45) is 68.5. The summed E-state index contributed by atoms with van der Waals surface area (Å²) in [5, 5.41) is 0. The molecule has 1 unspecified atom stereocenters. The Bertz CT molecular complexity index is 1270. The average Bonchev–Trinajstić information content (AvgIpc) is 3.30. The zero-order chi connectivity index (χ0) is 47.2. The standard InChI is InChI=1S/C59H100O6/c1-4-7-10-13-16-19-22-25-27-29-30-32-34-37-40-43-46-49-52-58(61)64-55-56(54-63-57(60)51-48-45-42-39-36-33-24-21-18-15-12-9-6-3)65-59(62)53-50-47-44-41-38-35-31-28-26-23-20-17-14-11-8-5-2/h9,12,15-16,18-19,21-22,24-25,27,29-30,32,56H,4-8,10-11,13-14,17,20,23,26,28,31,33-55H2,1-3H3/b12-9-,18-15-,19-16-,24-21-,25-22-,29-27-,32-30-. The Labute approximate surface area is 401 Å². The summed E-state index contributed by atoms with van der Waals surface area (Å²) >= 11 is 0. The summed E-state index contributed by atoms with van der Waals surface area (Å²) < 4.78 is 16.8. The molecule has 0 radical (unpaired) electrons. The molecule has 0 N–H and O–H groups in total. The molecule has 0 bridgehead atoms. The van der Waals surface area contributed by atoms with Crippen LogP contribution < -0.4 is 0 Å². The van der Waals surface area contributed by atoms with Gasteiger partial charge in [-0.1, -0.05) is 254 Å². The highest BCUT2D eigenvalue weighted by Crippen LogP contribution is 2.15. The number of carbonyl (C=O) groups excluding carboxylic acids is 3. The summed E-state index contributed by atoms with van der Waals surface area (Å²) in [6, 6.07) is 0. The van der Waals surface area contributed by atoms with E-state index in [1.807, 2.05) is 0 Å². The summed E-state index contributed by atoms with van der Waals surface area (Å²) in [5.41, 5.74) is 0. The fourth-order valence-electron chi connectivity index (χ4n) is 7.45. The molecule has 6 heteroatoms. The lowest BCUT2D eigenvalue weighted by atomic mass is 10.0. The molecular formula is C59H100O6. The molecular weight excluding hydrogens is 805 g/mol. The maximum atomic E-state index is 12.8. The molecule has 0 aromatic heterocycles. The second-order valence-electron chi connectivity index (χ2n) is 17.9. The molecule has 0 saturated heterocycles. The van der Waals surface area contributed by atoms with Crippen LogP contribution >= 0.6 is 0 Å². The van der Waals surface area contributed by atoms with Gasteiger partial charge in [0.05, 0.1) is 0 Å². The molecule has 0 heterocycles. The summed E-state index contributed by atoms with van der Waals surface area (Å²) in [7, 11) is 0.